The van der Waals surface area contributed by atoms with E-state index in [-0.39, 0.29) is 24.6 Å². The molecule has 1 unspecified atom stereocenters. The molecule has 0 fully saturated rings. The SMILES string of the molecule is CCCC(C)(OC)[Te]C. The van der Waals surface area contributed by atoms with Crippen LogP contribution >= 0.6 is 0 Å². The summed E-state index contributed by atoms with van der Waals surface area (Å²) in [6.45, 7) is 4.43. The predicted molar refractivity (Wildman–Crippen MR) is 41.9 cm³/mol. The third kappa shape index (κ3) is 3.45. The first kappa shape index (κ1) is 9.75. The Bertz CT molecular complexity index is 69.3. The molecule has 0 N–H and O–H groups in total. The van der Waals surface area contributed by atoms with E-state index in [4.69, 9.17) is 4.74 Å². The van der Waals surface area contributed by atoms with Crippen molar-refractivity contribution in [3.63, 3.8) is 0 Å². The van der Waals surface area contributed by atoms with Gasteiger partial charge in [0.05, 0.1) is 0 Å². The van der Waals surface area contributed by atoms with Crippen LogP contribution in [-0.4, -0.2) is 31.7 Å². The van der Waals surface area contributed by atoms with Gasteiger partial charge in [-0.2, -0.15) is 0 Å². The van der Waals surface area contributed by atoms with Crippen molar-refractivity contribution >= 4 is 20.9 Å². The van der Waals surface area contributed by atoms with Crippen LogP contribution in [-0.2, 0) is 4.74 Å². The van der Waals surface area contributed by atoms with E-state index in [2.05, 4.69) is 18.8 Å². The van der Waals surface area contributed by atoms with Gasteiger partial charge in [0.1, 0.15) is 0 Å². The van der Waals surface area contributed by atoms with Crippen LogP contribution in [0.5, 0.6) is 0 Å². The molecule has 0 aliphatic heterocycles. The molecule has 0 radical (unpaired) electrons. The summed E-state index contributed by atoms with van der Waals surface area (Å²) < 4.78 is 5.65. The van der Waals surface area contributed by atoms with E-state index < -0.39 is 0 Å². The molecule has 0 aliphatic rings. The molecule has 9 heavy (non-hydrogen) atoms. The second-order valence-electron chi connectivity index (χ2n) is 2.29. The molecule has 0 aromatic carbocycles. The molecule has 0 aliphatic carbocycles. The first-order chi connectivity index (χ1) is 4.18. The van der Waals surface area contributed by atoms with E-state index in [1.165, 1.54) is 12.8 Å². The van der Waals surface area contributed by atoms with Crippen molar-refractivity contribution in [3.05, 3.63) is 0 Å². The van der Waals surface area contributed by atoms with Crippen LogP contribution in [0.4, 0.5) is 0 Å². The van der Waals surface area contributed by atoms with E-state index in [1.54, 1.807) is 0 Å². The summed E-state index contributed by atoms with van der Waals surface area (Å²) in [5.41, 5.74) is 0. The Kier molecular flexibility index (Phi) is 4.93. The van der Waals surface area contributed by atoms with Crippen molar-refractivity contribution in [2.75, 3.05) is 7.11 Å². The fourth-order valence-electron chi connectivity index (χ4n) is 0.742. The summed E-state index contributed by atoms with van der Waals surface area (Å²) in [7, 11) is 1.82. The maximum atomic E-state index is 5.39. The third-order valence-corrected chi connectivity index (χ3v) is 5.09. The van der Waals surface area contributed by atoms with Gasteiger partial charge in [-0.05, 0) is 0 Å². The topological polar surface area (TPSA) is 9.23 Å². The number of rotatable bonds is 4. The van der Waals surface area contributed by atoms with Crippen molar-refractivity contribution in [1.29, 1.82) is 0 Å². The van der Waals surface area contributed by atoms with Gasteiger partial charge in [0.25, 0.3) is 0 Å². The molecule has 0 aromatic heterocycles. The number of methoxy groups -OCH3 is 1. The molecule has 0 aromatic rings. The molecule has 0 bridgehead atoms. The molecule has 0 heterocycles. The summed E-state index contributed by atoms with van der Waals surface area (Å²) in [4.78, 5) is 2.30. The van der Waals surface area contributed by atoms with Gasteiger partial charge in [-0.1, -0.05) is 0 Å². The van der Waals surface area contributed by atoms with Gasteiger partial charge in [-0.3, -0.25) is 0 Å². The maximum absolute atomic E-state index is 5.39. The normalized spacial score (nSPS) is 17.3. The average Bonchev–Trinajstić information content (AvgIpc) is 1.89. The zero-order valence-electron chi connectivity index (χ0n) is 6.73. The van der Waals surface area contributed by atoms with Crippen LogP contribution in [0.25, 0.3) is 0 Å². The van der Waals surface area contributed by atoms with Gasteiger partial charge >= 0.3 is 68.1 Å². The Hall–Kier alpha value is 0.750. The number of ether oxygens (including phenoxy) is 1. The van der Waals surface area contributed by atoms with Crippen molar-refractivity contribution < 1.29 is 4.74 Å². The molecule has 56 valence electrons. The molecule has 0 saturated heterocycles. The minimum absolute atomic E-state index is 0.0693. The second kappa shape index (κ2) is 4.55. The minimum atomic E-state index is 0.0693. The number of hydrogen-bond donors (Lipinski definition) is 0. The van der Waals surface area contributed by atoms with E-state index >= 15 is 0 Å². The van der Waals surface area contributed by atoms with E-state index in [0.717, 1.165) is 0 Å². The van der Waals surface area contributed by atoms with Crippen LogP contribution in [0, 0.1) is 0 Å². The summed E-state index contributed by atoms with van der Waals surface area (Å²) in [5.74, 6) is 0. The van der Waals surface area contributed by atoms with Crippen LogP contribution in [0.2, 0.25) is 4.97 Å². The molecule has 2 heteroatoms. The average molecular weight is 244 g/mol. The Morgan fingerprint density at radius 3 is 2.22 bits per heavy atom. The quantitative estimate of drug-likeness (QED) is 0.686. The van der Waals surface area contributed by atoms with Gasteiger partial charge in [-0.15, -0.1) is 0 Å². The monoisotopic (exact) mass is 246 g/mol. The zero-order chi connectivity index (χ0) is 7.33. The van der Waals surface area contributed by atoms with E-state index in [1.807, 2.05) is 7.11 Å². The Morgan fingerprint density at radius 2 is 2.11 bits per heavy atom. The summed E-state index contributed by atoms with van der Waals surface area (Å²) in [6, 6.07) is 0. The van der Waals surface area contributed by atoms with Crippen LogP contribution in [0.1, 0.15) is 26.7 Å². The predicted octanol–water partition coefficient (Wildman–Crippen LogP) is 1.90. The summed E-state index contributed by atoms with van der Waals surface area (Å²) >= 11 is 0.0693. The van der Waals surface area contributed by atoms with Crippen molar-refractivity contribution in [1.82, 2.24) is 0 Å². The van der Waals surface area contributed by atoms with Gasteiger partial charge in [0.15, 0.2) is 0 Å². The Balaban J connectivity index is 3.62. The van der Waals surface area contributed by atoms with Gasteiger partial charge in [-0.25, -0.2) is 0 Å². The van der Waals surface area contributed by atoms with Crippen LogP contribution in [0.3, 0.4) is 0 Å². The number of hydrogen-bond acceptors (Lipinski definition) is 1. The zero-order valence-corrected chi connectivity index (χ0v) is 9.06. The molecule has 1 nitrogen and oxygen atoms in total. The van der Waals surface area contributed by atoms with Gasteiger partial charge in [0.2, 0.25) is 0 Å². The molecule has 0 rings (SSSR count). The van der Waals surface area contributed by atoms with E-state index in [9.17, 15) is 0 Å². The molecule has 0 spiro atoms. The molecule has 0 saturated carbocycles. The molecule has 0 amide bonds. The van der Waals surface area contributed by atoms with Crippen LogP contribution < -0.4 is 0 Å². The van der Waals surface area contributed by atoms with Gasteiger partial charge in [0, 0.05) is 0 Å². The Morgan fingerprint density at radius 1 is 1.56 bits per heavy atom. The van der Waals surface area contributed by atoms with Gasteiger partial charge < -0.3 is 0 Å². The third-order valence-electron chi connectivity index (χ3n) is 1.57. The fourth-order valence-corrected chi connectivity index (χ4v) is 2.38. The summed E-state index contributed by atoms with van der Waals surface area (Å²) in [5, 5.41) is 0. The molecular formula is C7H16OTe. The van der Waals surface area contributed by atoms with Crippen molar-refractivity contribution in [2.45, 2.75) is 35.3 Å². The van der Waals surface area contributed by atoms with Crippen LogP contribution in [0.15, 0.2) is 0 Å². The molecular weight excluding hydrogens is 228 g/mol. The Labute approximate surface area is 68.2 Å². The van der Waals surface area contributed by atoms with Crippen molar-refractivity contribution in [3.8, 4) is 0 Å². The van der Waals surface area contributed by atoms with E-state index in [0.29, 0.717) is 0 Å². The summed E-state index contributed by atoms with van der Waals surface area (Å²) in [6.07, 6.45) is 2.46. The molecule has 1 atom stereocenters. The standard InChI is InChI=1S/C7H16OTe/c1-5-6-7(2,8-3)9-4/h5-6H2,1-4H3. The fraction of sp³-hybridized carbons (Fsp3) is 1.00. The van der Waals surface area contributed by atoms with Crippen molar-refractivity contribution in [2.24, 2.45) is 0 Å². The first-order valence-corrected chi connectivity index (χ1v) is 6.78. The second-order valence-corrected chi connectivity index (χ2v) is 5.92. The first-order valence-electron chi connectivity index (χ1n) is 3.29.